The summed E-state index contributed by atoms with van der Waals surface area (Å²) in [5, 5.41) is 3.37. The average Bonchev–Trinajstić information content (AvgIpc) is 3.13. The van der Waals surface area contributed by atoms with Gasteiger partial charge in [0.2, 0.25) is 0 Å². The number of hydrogen-bond acceptors (Lipinski definition) is 3. The molecular weight excluding hydrogens is 248 g/mol. The third-order valence-electron chi connectivity index (χ3n) is 4.43. The van der Waals surface area contributed by atoms with Crippen molar-refractivity contribution in [2.75, 3.05) is 6.54 Å². The molecule has 2 rings (SSSR count). The molecule has 2 heterocycles. The minimum atomic E-state index is 0.510. The van der Waals surface area contributed by atoms with Gasteiger partial charge < -0.3 is 9.88 Å². The van der Waals surface area contributed by atoms with Crippen molar-refractivity contribution in [3.63, 3.8) is 0 Å². The van der Waals surface area contributed by atoms with Crippen LogP contribution >= 0.6 is 0 Å². The van der Waals surface area contributed by atoms with Gasteiger partial charge in [-0.15, -0.1) is 0 Å². The van der Waals surface area contributed by atoms with Crippen LogP contribution in [-0.2, 0) is 6.54 Å². The molecule has 3 atom stereocenters. The Balaban J connectivity index is 1.98. The SMILES string of the molecule is CCCCn1cncc1C(CC)CC(C)C1CN=CN1. The summed E-state index contributed by atoms with van der Waals surface area (Å²) in [6.07, 6.45) is 10.8. The maximum Gasteiger partial charge on any atom is 0.0948 e. The Morgan fingerprint density at radius 3 is 2.95 bits per heavy atom. The molecule has 0 fully saturated rings. The minimum absolute atomic E-state index is 0.510. The van der Waals surface area contributed by atoms with E-state index in [2.05, 4.69) is 46.8 Å². The predicted octanol–water partition coefficient (Wildman–Crippen LogP) is 3.20. The second-order valence-corrected chi connectivity index (χ2v) is 5.95. The second kappa shape index (κ2) is 7.46. The predicted molar refractivity (Wildman–Crippen MR) is 84.2 cm³/mol. The highest BCUT2D eigenvalue weighted by molar-refractivity contribution is 5.57. The molecule has 4 heteroatoms. The van der Waals surface area contributed by atoms with Gasteiger partial charge in [-0.2, -0.15) is 0 Å². The standard InChI is InChI=1S/C16H28N4/c1-4-6-7-20-12-18-10-16(20)14(5-2)8-13(3)15-9-17-11-19-15/h10-15H,4-9H2,1-3H3,(H,17,19). The second-order valence-electron chi connectivity index (χ2n) is 5.95. The van der Waals surface area contributed by atoms with E-state index in [4.69, 9.17) is 0 Å². The molecule has 0 amide bonds. The quantitative estimate of drug-likeness (QED) is 0.792. The zero-order valence-electron chi connectivity index (χ0n) is 13.0. The summed E-state index contributed by atoms with van der Waals surface area (Å²) < 4.78 is 2.35. The molecule has 0 aliphatic carbocycles. The molecule has 0 bridgehead atoms. The Hall–Kier alpha value is -1.32. The number of aromatic nitrogens is 2. The van der Waals surface area contributed by atoms with Crippen molar-refractivity contribution in [1.82, 2.24) is 14.9 Å². The number of imidazole rings is 1. The number of nitrogens with zero attached hydrogens (tertiary/aromatic N) is 3. The topological polar surface area (TPSA) is 42.2 Å². The molecule has 0 saturated heterocycles. The van der Waals surface area contributed by atoms with Crippen molar-refractivity contribution >= 4 is 6.34 Å². The lowest BCUT2D eigenvalue weighted by molar-refractivity contribution is 0.371. The summed E-state index contributed by atoms with van der Waals surface area (Å²) in [6, 6.07) is 0.510. The van der Waals surface area contributed by atoms with Gasteiger partial charge in [0.1, 0.15) is 0 Å². The van der Waals surface area contributed by atoms with E-state index in [-0.39, 0.29) is 0 Å². The number of rotatable bonds is 8. The van der Waals surface area contributed by atoms with Gasteiger partial charge in [-0.25, -0.2) is 4.98 Å². The van der Waals surface area contributed by atoms with Crippen LogP contribution in [0.15, 0.2) is 17.5 Å². The Labute approximate surface area is 122 Å². The summed E-state index contributed by atoms with van der Waals surface area (Å²) >= 11 is 0. The first-order valence-electron chi connectivity index (χ1n) is 8.00. The molecule has 20 heavy (non-hydrogen) atoms. The molecule has 3 unspecified atom stereocenters. The molecule has 1 aliphatic heterocycles. The molecule has 1 aliphatic rings. The zero-order valence-corrected chi connectivity index (χ0v) is 13.0. The molecule has 0 aromatic carbocycles. The van der Waals surface area contributed by atoms with Crippen LogP contribution in [0, 0.1) is 5.92 Å². The molecule has 1 N–H and O–H groups in total. The van der Waals surface area contributed by atoms with Crippen LogP contribution in [0.4, 0.5) is 0 Å². The van der Waals surface area contributed by atoms with E-state index in [0.717, 1.165) is 13.1 Å². The van der Waals surface area contributed by atoms with E-state index >= 15 is 0 Å². The van der Waals surface area contributed by atoms with Crippen LogP contribution in [0.3, 0.4) is 0 Å². The number of aryl methyl sites for hydroxylation is 1. The average molecular weight is 276 g/mol. The number of nitrogens with one attached hydrogen (secondary N) is 1. The number of unbranched alkanes of at least 4 members (excludes halogenated alkanes) is 1. The lowest BCUT2D eigenvalue weighted by Gasteiger charge is -2.25. The molecule has 112 valence electrons. The van der Waals surface area contributed by atoms with E-state index in [9.17, 15) is 0 Å². The smallest absolute Gasteiger partial charge is 0.0948 e. The summed E-state index contributed by atoms with van der Waals surface area (Å²) in [7, 11) is 0. The fourth-order valence-electron chi connectivity index (χ4n) is 3.01. The highest BCUT2D eigenvalue weighted by Crippen LogP contribution is 2.29. The fraction of sp³-hybridized carbons (Fsp3) is 0.750. The Kier molecular flexibility index (Phi) is 5.62. The van der Waals surface area contributed by atoms with Crippen molar-refractivity contribution in [2.24, 2.45) is 10.9 Å². The van der Waals surface area contributed by atoms with Gasteiger partial charge >= 0.3 is 0 Å². The molecular formula is C16H28N4. The Morgan fingerprint density at radius 2 is 2.30 bits per heavy atom. The summed E-state index contributed by atoms with van der Waals surface area (Å²) in [4.78, 5) is 8.66. The van der Waals surface area contributed by atoms with Crippen LogP contribution in [0.1, 0.15) is 58.1 Å². The zero-order chi connectivity index (χ0) is 14.4. The first kappa shape index (κ1) is 15.1. The van der Waals surface area contributed by atoms with Gasteiger partial charge in [0, 0.05) is 30.4 Å². The molecule has 1 aromatic rings. The fourth-order valence-corrected chi connectivity index (χ4v) is 3.01. The molecule has 0 radical (unpaired) electrons. The van der Waals surface area contributed by atoms with Crippen LogP contribution in [0.5, 0.6) is 0 Å². The van der Waals surface area contributed by atoms with E-state index in [1.165, 1.54) is 31.4 Å². The Bertz CT molecular complexity index is 416. The van der Waals surface area contributed by atoms with Crippen molar-refractivity contribution < 1.29 is 0 Å². The van der Waals surface area contributed by atoms with Crippen molar-refractivity contribution in [2.45, 2.75) is 65.0 Å². The van der Waals surface area contributed by atoms with Crippen molar-refractivity contribution in [3.8, 4) is 0 Å². The maximum absolute atomic E-state index is 4.37. The van der Waals surface area contributed by atoms with Gasteiger partial charge in [-0.3, -0.25) is 4.99 Å². The van der Waals surface area contributed by atoms with Crippen LogP contribution in [0.2, 0.25) is 0 Å². The monoisotopic (exact) mass is 276 g/mol. The van der Waals surface area contributed by atoms with E-state index in [1.807, 2.05) is 12.7 Å². The van der Waals surface area contributed by atoms with Gasteiger partial charge in [0.15, 0.2) is 0 Å². The maximum atomic E-state index is 4.37. The van der Waals surface area contributed by atoms with Gasteiger partial charge in [-0.05, 0) is 25.2 Å². The van der Waals surface area contributed by atoms with Crippen LogP contribution in [-0.4, -0.2) is 28.5 Å². The third kappa shape index (κ3) is 3.62. The lowest BCUT2D eigenvalue weighted by Crippen LogP contribution is -2.32. The van der Waals surface area contributed by atoms with Crippen molar-refractivity contribution in [1.29, 1.82) is 0 Å². The van der Waals surface area contributed by atoms with E-state index in [1.54, 1.807) is 0 Å². The first-order valence-corrected chi connectivity index (χ1v) is 8.00. The van der Waals surface area contributed by atoms with Crippen LogP contribution < -0.4 is 5.32 Å². The molecule has 0 spiro atoms. The van der Waals surface area contributed by atoms with E-state index < -0.39 is 0 Å². The largest absolute Gasteiger partial charge is 0.372 e. The lowest BCUT2D eigenvalue weighted by atomic mass is 9.87. The summed E-state index contributed by atoms with van der Waals surface area (Å²) in [5.41, 5.74) is 1.41. The molecule has 1 aromatic heterocycles. The van der Waals surface area contributed by atoms with E-state index in [0.29, 0.717) is 17.9 Å². The molecule has 0 saturated carbocycles. The summed E-state index contributed by atoms with van der Waals surface area (Å²) in [5.74, 6) is 1.24. The van der Waals surface area contributed by atoms with Gasteiger partial charge in [0.25, 0.3) is 0 Å². The normalized spacial score (nSPS) is 20.9. The van der Waals surface area contributed by atoms with Crippen LogP contribution in [0.25, 0.3) is 0 Å². The first-order chi connectivity index (χ1) is 9.76. The summed E-state index contributed by atoms with van der Waals surface area (Å²) in [6.45, 7) is 8.88. The number of aliphatic imine (C=N–C) groups is 1. The van der Waals surface area contributed by atoms with Gasteiger partial charge in [0.05, 0.1) is 19.2 Å². The minimum Gasteiger partial charge on any atom is -0.372 e. The van der Waals surface area contributed by atoms with Crippen molar-refractivity contribution in [3.05, 3.63) is 18.2 Å². The number of hydrogen-bond donors (Lipinski definition) is 1. The highest BCUT2D eigenvalue weighted by Gasteiger charge is 2.24. The Morgan fingerprint density at radius 1 is 1.45 bits per heavy atom. The molecule has 4 nitrogen and oxygen atoms in total. The van der Waals surface area contributed by atoms with Gasteiger partial charge in [-0.1, -0.05) is 27.2 Å². The third-order valence-corrected chi connectivity index (χ3v) is 4.43. The highest BCUT2D eigenvalue weighted by atomic mass is 15.1.